The smallest absolute Gasteiger partial charge is 0.338 e. The molecule has 2 rings (SSSR count). The SMILES string of the molecule is CCCCNc1ccc(C(=O)OCCOCCOCCOCCOCCOCCOCCOCCOCCOCCOCCOC(=O)c2ccc(NCCCC)cc2)cc1. The van der Waals surface area contributed by atoms with E-state index in [-0.39, 0.29) is 25.2 Å². The number of carbonyl (C=O) groups excluding carboxylic acids is 2. The summed E-state index contributed by atoms with van der Waals surface area (Å²) in [7, 11) is 0. The Balaban J connectivity index is 1.19. The van der Waals surface area contributed by atoms with Crippen molar-refractivity contribution in [2.24, 2.45) is 0 Å². The van der Waals surface area contributed by atoms with Gasteiger partial charge in [0.15, 0.2) is 0 Å². The normalized spacial score (nSPS) is 11.2. The molecule has 0 aromatic heterocycles. The summed E-state index contributed by atoms with van der Waals surface area (Å²) >= 11 is 0. The van der Waals surface area contributed by atoms with Gasteiger partial charge in [0.1, 0.15) is 13.2 Å². The van der Waals surface area contributed by atoms with E-state index in [1.54, 1.807) is 24.3 Å². The Morgan fingerprint density at radius 2 is 0.567 bits per heavy atom. The molecule has 16 nitrogen and oxygen atoms in total. The van der Waals surface area contributed by atoms with Crippen LogP contribution in [-0.4, -0.2) is 170 Å². The van der Waals surface area contributed by atoms with Gasteiger partial charge in [-0.05, 0) is 61.4 Å². The summed E-state index contributed by atoms with van der Waals surface area (Å²) in [6.07, 6.45) is 4.47. The van der Waals surface area contributed by atoms with Gasteiger partial charge in [-0.25, -0.2) is 9.59 Å². The van der Waals surface area contributed by atoms with E-state index in [4.69, 9.17) is 56.8 Å². The molecule has 2 aromatic carbocycles. The predicted octanol–water partition coefficient (Wildman–Crippen LogP) is 5.29. The number of rotatable bonds is 43. The second kappa shape index (κ2) is 39.7. The average molecular weight is 853 g/mol. The Kier molecular flexibility index (Phi) is 34.9. The van der Waals surface area contributed by atoms with Crippen LogP contribution in [0.25, 0.3) is 0 Å². The molecule has 0 spiro atoms. The number of anilines is 2. The first-order valence-electron chi connectivity index (χ1n) is 21.4. The lowest BCUT2D eigenvalue weighted by Crippen LogP contribution is -2.16. The molecule has 0 aliphatic carbocycles. The first-order chi connectivity index (χ1) is 29.6. The summed E-state index contributed by atoms with van der Waals surface area (Å²) in [5, 5.41) is 6.64. The second-order valence-electron chi connectivity index (χ2n) is 13.1. The van der Waals surface area contributed by atoms with E-state index in [9.17, 15) is 9.59 Å². The number of esters is 2. The maximum absolute atomic E-state index is 12.2. The number of hydrogen-bond acceptors (Lipinski definition) is 16. The van der Waals surface area contributed by atoms with E-state index in [0.717, 1.165) is 50.1 Å². The summed E-state index contributed by atoms with van der Waals surface area (Å²) in [5.41, 5.74) is 3.01. The summed E-state index contributed by atoms with van der Waals surface area (Å²) in [4.78, 5) is 24.3. The third-order valence-electron chi connectivity index (χ3n) is 8.23. The third kappa shape index (κ3) is 30.6. The van der Waals surface area contributed by atoms with Crippen molar-refractivity contribution in [3.8, 4) is 0 Å². The van der Waals surface area contributed by atoms with Crippen LogP contribution in [-0.2, 0) is 56.8 Å². The van der Waals surface area contributed by atoms with Crippen molar-refractivity contribution in [3.05, 3.63) is 59.7 Å². The molecular weight excluding hydrogens is 780 g/mol. The molecule has 0 heterocycles. The monoisotopic (exact) mass is 852 g/mol. The fourth-order valence-electron chi connectivity index (χ4n) is 4.90. The first kappa shape index (κ1) is 52.7. The molecule has 0 fully saturated rings. The van der Waals surface area contributed by atoms with Crippen molar-refractivity contribution < 1.29 is 66.4 Å². The number of hydrogen-bond donors (Lipinski definition) is 2. The van der Waals surface area contributed by atoms with Crippen LogP contribution in [0.3, 0.4) is 0 Å². The largest absolute Gasteiger partial charge is 0.460 e. The van der Waals surface area contributed by atoms with Crippen molar-refractivity contribution >= 4 is 23.3 Å². The fourth-order valence-corrected chi connectivity index (χ4v) is 4.90. The molecule has 2 N–H and O–H groups in total. The summed E-state index contributed by atoms with van der Waals surface area (Å²) in [6.45, 7) is 15.4. The second-order valence-corrected chi connectivity index (χ2v) is 13.1. The minimum Gasteiger partial charge on any atom is -0.460 e. The Labute approximate surface area is 357 Å². The molecule has 0 bridgehead atoms. The Hall–Kier alpha value is -3.42. The van der Waals surface area contributed by atoms with Crippen molar-refractivity contribution in [3.63, 3.8) is 0 Å². The number of ether oxygens (including phenoxy) is 12. The van der Waals surface area contributed by atoms with E-state index >= 15 is 0 Å². The zero-order chi connectivity index (χ0) is 42.8. The number of carbonyl (C=O) groups is 2. The van der Waals surface area contributed by atoms with E-state index in [0.29, 0.717) is 143 Å². The quantitative estimate of drug-likeness (QED) is 0.0652. The lowest BCUT2D eigenvalue weighted by atomic mass is 10.2. The van der Waals surface area contributed by atoms with Gasteiger partial charge >= 0.3 is 11.9 Å². The zero-order valence-electron chi connectivity index (χ0n) is 36.1. The van der Waals surface area contributed by atoms with Crippen LogP contribution in [0.5, 0.6) is 0 Å². The Morgan fingerprint density at radius 1 is 0.350 bits per heavy atom. The van der Waals surface area contributed by atoms with Crippen molar-refractivity contribution in [1.29, 1.82) is 0 Å². The van der Waals surface area contributed by atoms with E-state index < -0.39 is 0 Å². The van der Waals surface area contributed by atoms with Gasteiger partial charge in [0.05, 0.1) is 143 Å². The van der Waals surface area contributed by atoms with Crippen molar-refractivity contribution in [1.82, 2.24) is 0 Å². The molecule has 16 heteroatoms. The maximum atomic E-state index is 12.2. The standard InChI is InChI=1S/C44H72N2O14/c1-3-5-15-45-41-11-7-39(8-12-41)43(47)59-37-35-57-33-31-55-29-27-53-25-23-51-21-19-49-17-18-50-20-22-52-24-26-54-28-30-56-32-34-58-36-38-60-44(48)40-9-13-42(14-10-40)46-16-6-4-2/h7-14,45-46H,3-6,15-38H2,1-2H3. The molecule has 0 saturated carbocycles. The fraction of sp³-hybridized carbons (Fsp3) is 0.682. The molecular formula is C44H72N2O14. The Bertz CT molecular complexity index is 1180. The highest BCUT2D eigenvalue weighted by Gasteiger charge is 2.08. The lowest BCUT2D eigenvalue weighted by molar-refractivity contribution is -0.0277. The van der Waals surface area contributed by atoms with Gasteiger partial charge in [-0.2, -0.15) is 0 Å². The maximum Gasteiger partial charge on any atom is 0.338 e. The van der Waals surface area contributed by atoms with Gasteiger partial charge in [0.25, 0.3) is 0 Å². The van der Waals surface area contributed by atoms with Gasteiger partial charge in [-0.15, -0.1) is 0 Å². The van der Waals surface area contributed by atoms with Gasteiger partial charge in [-0.3, -0.25) is 0 Å². The molecule has 0 radical (unpaired) electrons. The number of nitrogens with one attached hydrogen (secondary N) is 2. The first-order valence-corrected chi connectivity index (χ1v) is 21.4. The van der Waals surface area contributed by atoms with E-state index in [1.165, 1.54) is 0 Å². The van der Waals surface area contributed by atoms with Crippen LogP contribution in [0, 0.1) is 0 Å². The topological polar surface area (TPSA) is 169 Å². The number of benzene rings is 2. The third-order valence-corrected chi connectivity index (χ3v) is 8.23. The van der Waals surface area contributed by atoms with Crippen LogP contribution in [0.1, 0.15) is 60.2 Å². The molecule has 0 unspecified atom stereocenters. The van der Waals surface area contributed by atoms with Gasteiger partial charge < -0.3 is 67.5 Å². The molecule has 0 amide bonds. The molecule has 2 aromatic rings. The van der Waals surface area contributed by atoms with Crippen LogP contribution in [0.15, 0.2) is 48.5 Å². The van der Waals surface area contributed by atoms with Crippen LogP contribution in [0.2, 0.25) is 0 Å². The van der Waals surface area contributed by atoms with E-state index in [2.05, 4.69) is 24.5 Å². The summed E-state index contributed by atoms with van der Waals surface area (Å²) in [6, 6.07) is 14.6. The predicted molar refractivity (Wildman–Crippen MR) is 228 cm³/mol. The minimum absolute atomic E-state index is 0.183. The average Bonchev–Trinajstić information content (AvgIpc) is 3.27. The highest BCUT2D eigenvalue weighted by molar-refractivity contribution is 5.90. The highest BCUT2D eigenvalue weighted by atomic mass is 16.6. The van der Waals surface area contributed by atoms with Crippen LogP contribution < -0.4 is 10.6 Å². The molecule has 0 atom stereocenters. The molecule has 0 aliphatic rings. The van der Waals surface area contributed by atoms with Crippen molar-refractivity contribution in [2.45, 2.75) is 39.5 Å². The Morgan fingerprint density at radius 3 is 0.783 bits per heavy atom. The summed E-state index contributed by atoms with van der Waals surface area (Å²) in [5.74, 6) is -0.732. The van der Waals surface area contributed by atoms with Crippen LogP contribution in [0.4, 0.5) is 11.4 Å². The summed E-state index contributed by atoms with van der Waals surface area (Å²) < 4.78 is 65.4. The molecule has 342 valence electrons. The zero-order valence-corrected chi connectivity index (χ0v) is 36.1. The van der Waals surface area contributed by atoms with Gasteiger partial charge in [0, 0.05) is 24.5 Å². The van der Waals surface area contributed by atoms with E-state index in [1.807, 2.05) is 24.3 Å². The van der Waals surface area contributed by atoms with Crippen molar-refractivity contribution in [2.75, 3.05) is 169 Å². The van der Waals surface area contributed by atoms with Gasteiger partial charge in [-0.1, -0.05) is 26.7 Å². The highest BCUT2D eigenvalue weighted by Crippen LogP contribution is 2.12. The minimum atomic E-state index is -0.366. The molecule has 60 heavy (non-hydrogen) atoms. The molecule has 0 saturated heterocycles. The van der Waals surface area contributed by atoms with Gasteiger partial charge in [0.2, 0.25) is 0 Å². The lowest BCUT2D eigenvalue weighted by Gasteiger charge is -2.09. The van der Waals surface area contributed by atoms with Crippen LogP contribution >= 0.6 is 0 Å². The number of unbranched alkanes of at least 4 members (excludes halogenated alkanes) is 2. The molecule has 0 aliphatic heterocycles.